The zero-order chi connectivity index (χ0) is 15.2. The average Bonchev–Trinajstić information content (AvgIpc) is 3.08. The van der Waals surface area contributed by atoms with E-state index in [2.05, 4.69) is 38.0 Å². The number of anilines is 1. The standard InChI is InChI=1S/C17H31N3S/c1-5-10-18-11-15-16(13(2)3)19-17(21-15)20(4)12-14-8-6-7-9-14/h13-14,18H,5-12H2,1-4H3. The van der Waals surface area contributed by atoms with Gasteiger partial charge in [-0.15, -0.1) is 11.3 Å². The van der Waals surface area contributed by atoms with E-state index in [4.69, 9.17) is 4.98 Å². The summed E-state index contributed by atoms with van der Waals surface area (Å²) in [4.78, 5) is 8.74. The molecule has 1 aromatic rings. The van der Waals surface area contributed by atoms with Crippen LogP contribution in [0.4, 0.5) is 5.13 Å². The molecule has 120 valence electrons. The molecule has 4 heteroatoms. The third-order valence-corrected chi connectivity index (χ3v) is 5.49. The Morgan fingerprint density at radius 1 is 1.33 bits per heavy atom. The van der Waals surface area contributed by atoms with Crippen molar-refractivity contribution in [2.75, 3.05) is 25.0 Å². The molecule has 1 N–H and O–H groups in total. The van der Waals surface area contributed by atoms with Crippen LogP contribution >= 0.6 is 11.3 Å². The second-order valence-electron chi connectivity index (χ2n) is 6.67. The molecule has 0 radical (unpaired) electrons. The number of nitrogens with zero attached hydrogens (tertiary/aromatic N) is 2. The van der Waals surface area contributed by atoms with E-state index < -0.39 is 0 Å². The molecule has 1 aliphatic rings. The molecule has 0 aliphatic heterocycles. The number of hydrogen-bond donors (Lipinski definition) is 1. The summed E-state index contributed by atoms with van der Waals surface area (Å²) < 4.78 is 0. The molecule has 1 saturated carbocycles. The van der Waals surface area contributed by atoms with E-state index in [1.807, 2.05) is 11.3 Å². The van der Waals surface area contributed by atoms with Gasteiger partial charge in [-0.05, 0) is 37.6 Å². The second-order valence-corrected chi connectivity index (χ2v) is 7.73. The zero-order valence-corrected chi connectivity index (χ0v) is 14.9. The molecule has 1 aliphatic carbocycles. The van der Waals surface area contributed by atoms with E-state index in [-0.39, 0.29) is 0 Å². The van der Waals surface area contributed by atoms with E-state index in [1.165, 1.54) is 54.4 Å². The zero-order valence-electron chi connectivity index (χ0n) is 14.1. The Labute approximate surface area is 134 Å². The van der Waals surface area contributed by atoms with Crippen LogP contribution in [0.3, 0.4) is 0 Å². The maximum atomic E-state index is 4.93. The largest absolute Gasteiger partial charge is 0.351 e. The van der Waals surface area contributed by atoms with Gasteiger partial charge in [-0.1, -0.05) is 33.6 Å². The van der Waals surface area contributed by atoms with Crippen LogP contribution in [-0.4, -0.2) is 25.1 Å². The summed E-state index contributed by atoms with van der Waals surface area (Å²) in [6.07, 6.45) is 6.82. The van der Waals surface area contributed by atoms with Crippen LogP contribution in [-0.2, 0) is 6.54 Å². The molecule has 0 aromatic carbocycles. The third-order valence-electron chi connectivity index (χ3n) is 4.31. The lowest BCUT2D eigenvalue weighted by Crippen LogP contribution is -2.23. The number of thiazole rings is 1. The van der Waals surface area contributed by atoms with Crippen LogP contribution < -0.4 is 10.2 Å². The first-order chi connectivity index (χ1) is 10.1. The maximum Gasteiger partial charge on any atom is 0.185 e. The minimum absolute atomic E-state index is 0.508. The van der Waals surface area contributed by atoms with E-state index in [0.29, 0.717) is 5.92 Å². The van der Waals surface area contributed by atoms with Crippen LogP contribution in [0.2, 0.25) is 0 Å². The molecule has 0 saturated heterocycles. The van der Waals surface area contributed by atoms with Crippen LogP contribution in [0.25, 0.3) is 0 Å². The summed E-state index contributed by atoms with van der Waals surface area (Å²) in [5, 5.41) is 4.73. The van der Waals surface area contributed by atoms with Gasteiger partial charge in [0.25, 0.3) is 0 Å². The predicted molar refractivity (Wildman–Crippen MR) is 93.4 cm³/mol. The van der Waals surface area contributed by atoms with Crippen molar-refractivity contribution in [1.29, 1.82) is 0 Å². The molecule has 1 fully saturated rings. The molecule has 2 rings (SSSR count). The van der Waals surface area contributed by atoms with Crippen LogP contribution in [0.5, 0.6) is 0 Å². The lowest BCUT2D eigenvalue weighted by molar-refractivity contribution is 0.546. The fourth-order valence-electron chi connectivity index (χ4n) is 3.13. The minimum Gasteiger partial charge on any atom is -0.351 e. The fourth-order valence-corrected chi connectivity index (χ4v) is 4.28. The molecular weight excluding hydrogens is 278 g/mol. The monoisotopic (exact) mass is 309 g/mol. The van der Waals surface area contributed by atoms with Gasteiger partial charge in [0.15, 0.2) is 5.13 Å². The molecule has 1 heterocycles. The van der Waals surface area contributed by atoms with Crippen molar-refractivity contribution in [2.45, 2.75) is 65.3 Å². The predicted octanol–water partition coefficient (Wildman–Crippen LogP) is 4.39. The van der Waals surface area contributed by atoms with Crippen LogP contribution in [0.15, 0.2) is 0 Å². The molecular formula is C17H31N3S. The van der Waals surface area contributed by atoms with E-state index in [9.17, 15) is 0 Å². The Bertz CT molecular complexity index is 422. The van der Waals surface area contributed by atoms with E-state index in [0.717, 1.165) is 19.0 Å². The molecule has 21 heavy (non-hydrogen) atoms. The highest BCUT2D eigenvalue weighted by Gasteiger charge is 2.20. The average molecular weight is 310 g/mol. The summed E-state index contributed by atoms with van der Waals surface area (Å²) in [7, 11) is 2.21. The molecule has 0 unspecified atom stereocenters. The molecule has 0 amide bonds. The Kier molecular flexibility index (Phi) is 6.49. The number of hydrogen-bond acceptors (Lipinski definition) is 4. The summed E-state index contributed by atoms with van der Waals surface area (Å²) in [6, 6.07) is 0. The summed E-state index contributed by atoms with van der Waals surface area (Å²) >= 11 is 1.88. The lowest BCUT2D eigenvalue weighted by atomic mass is 10.1. The highest BCUT2D eigenvalue weighted by atomic mass is 32.1. The second kappa shape index (κ2) is 8.14. The molecule has 0 atom stereocenters. The van der Waals surface area contributed by atoms with Crippen LogP contribution in [0.1, 0.15) is 69.4 Å². The van der Waals surface area contributed by atoms with Crippen molar-refractivity contribution in [3.8, 4) is 0 Å². The molecule has 0 spiro atoms. The van der Waals surface area contributed by atoms with E-state index >= 15 is 0 Å². The first kappa shape index (κ1) is 16.8. The normalized spacial score (nSPS) is 16.0. The van der Waals surface area contributed by atoms with E-state index in [1.54, 1.807) is 0 Å². The summed E-state index contributed by atoms with van der Waals surface area (Å²) in [5.41, 5.74) is 1.29. The van der Waals surface area contributed by atoms with Gasteiger partial charge in [-0.3, -0.25) is 0 Å². The highest BCUT2D eigenvalue weighted by Crippen LogP contribution is 2.32. The smallest absolute Gasteiger partial charge is 0.185 e. The Morgan fingerprint density at radius 2 is 2.05 bits per heavy atom. The molecule has 3 nitrogen and oxygen atoms in total. The van der Waals surface area contributed by atoms with Gasteiger partial charge in [-0.2, -0.15) is 0 Å². The van der Waals surface area contributed by atoms with Crippen molar-refractivity contribution in [3.05, 3.63) is 10.6 Å². The maximum absolute atomic E-state index is 4.93. The molecule has 0 bridgehead atoms. The Hall–Kier alpha value is -0.610. The highest BCUT2D eigenvalue weighted by molar-refractivity contribution is 7.15. The van der Waals surface area contributed by atoms with Gasteiger partial charge in [-0.25, -0.2) is 4.98 Å². The summed E-state index contributed by atoms with van der Waals surface area (Å²) in [5.74, 6) is 1.39. The summed E-state index contributed by atoms with van der Waals surface area (Å²) in [6.45, 7) is 9.94. The Morgan fingerprint density at radius 3 is 2.67 bits per heavy atom. The van der Waals surface area contributed by atoms with Gasteiger partial charge in [0, 0.05) is 25.0 Å². The number of rotatable bonds is 8. The van der Waals surface area contributed by atoms with Crippen molar-refractivity contribution >= 4 is 16.5 Å². The van der Waals surface area contributed by atoms with Crippen molar-refractivity contribution < 1.29 is 0 Å². The quantitative estimate of drug-likeness (QED) is 0.722. The van der Waals surface area contributed by atoms with Crippen molar-refractivity contribution in [3.63, 3.8) is 0 Å². The van der Waals surface area contributed by atoms with Gasteiger partial charge in [0.2, 0.25) is 0 Å². The van der Waals surface area contributed by atoms with Crippen molar-refractivity contribution in [1.82, 2.24) is 10.3 Å². The minimum atomic E-state index is 0.508. The first-order valence-electron chi connectivity index (χ1n) is 8.53. The van der Waals surface area contributed by atoms with Crippen molar-refractivity contribution in [2.24, 2.45) is 5.92 Å². The fraction of sp³-hybridized carbons (Fsp3) is 0.824. The topological polar surface area (TPSA) is 28.2 Å². The number of aromatic nitrogens is 1. The van der Waals surface area contributed by atoms with Gasteiger partial charge in [0.1, 0.15) is 0 Å². The molecule has 1 aromatic heterocycles. The lowest BCUT2D eigenvalue weighted by Gasteiger charge is -2.20. The third kappa shape index (κ3) is 4.68. The van der Waals surface area contributed by atoms with Crippen LogP contribution in [0, 0.1) is 5.92 Å². The van der Waals surface area contributed by atoms with Gasteiger partial charge < -0.3 is 10.2 Å². The first-order valence-corrected chi connectivity index (χ1v) is 9.34. The SMILES string of the molecule is CCCNCc1sc(N(C)CC2CCCC2)nc1C(C)C. The number of nitrogens with one attached hydrogen (secondary N) is 1. The van der Waals surface area contributed by atoms with Gasteiger partial charge >= 0.3 is 0 Å². The Balaban J connectivity index is 2.02. The van der Waals surface area contributed by atoms with Gasteiger partial charge in [0.05, 0.1) is 5.69 Å².